The molecule has 5 heteroatoms. The summed E-state index contributed by atoms with van der Waals surface area (Å²) in [4.78, 5) is 18.7. The molecule has 75 valence electrons. The van der Waals surface area contributed by atoms with Gasteiger partial charge in [0, 0.05) is 30.4 Å². The van der Waals surface area contributed by atoms with Gasteiger partial charge in [-0.2, -0.15) is 0 Å². The van der Waals surface area contributed by atoms with Crippen LogP contribution in [0.5, 0.6) is 0 Å². The van der Waals surface area contributed by atoms with E-state index in [-0.39, 0.29) is 5.82 Å². The van der Waals surface area contributed by atoms with E-state index < -0.39 is 5.91 Å². The van der Waals surface area contributed by atoms with Gasteiger partial charge in [-0.3, -0.25) is 4.79 Å². The van der Waals surface area contributed by atoms with E-state index >= 15 is 0 Å². The fourth-order valence-electron chi connectivity index (χ4n) is 1.23. The molecule has 2 aromatic rings. The maximum atomic E-state index is 10.8. The lowest BCUT2D eigenvalue weighted by Crippen LogP contribution is -2.14. The van der Waals surface area contributed by atoms with Crippen molar-refractivity contribution >= 4 is 22.5 Å². The first-order chi connectivity index (χ1) is 7.20. The van der Waals surface area contributed by atoms with Crippen LogP contribution in [0.3, 0.4) is 0 Å². The van der Waals surface area contributed by atoms with E-state index in [9.17, 15) is 4.79 Å². The third-order valence-corrected chi connectivity index (χ3v) is 1.99. The lowest BCUT2D eigenvalue weighted by atomic mass is 10.2. The van der Waals surface area contributed by atoms with Gasteiger partial charge in [-0.25, -0.2) is 9.97 Å². The molecule has 1 aromatic carbocycles. The Balaban J connectivity index is 2.59. The van der Waals surface area contributed by atoms with Crippen molar-refractivity contribution in [2.75, 3.05) is 12.4 Å². The fraction of sp³-hybridized carbons (Fsp3) is 0.100. The first-order valence-electron chi connectivity index (χ1n) is 4.37. The van der Waals surface area contributed by atoms with Gasteiger partial charge in [-0.15, -0.1) is 0 Å². The van der Waals surface area contributed by atoms with Crippen LogP contribution < -0.4 is 11.1 Å². The average molecular weight is 201 g/mol. The number of benzene rings is 1. The van der Waals surface area contributed by atoms with Crippen molar-refractivity contribution in [3.63, 3.8) is 0 Å². The number of nitrogens with one attached hydrogen (secondary N) is 1. The number of carbonyl (C=O) groups is 1. The fourth-order valence-corrected chi connectivity index (χ4v) is 1.23. The van der Waals surface area contributed by atoms with Crippen molar-refractivity contribution in [2.45, 2.75) is 0 Å². The van der Waals surface area contributed by atoms with E-state index in [1.54, 1.807) is 13.1 Å². The molecule has 1 heterocycles. The minimum Gasteiger partial charge on any atom is -0.388 e. The van der Waals surface area contributed by atoms with E-state index in [1.165, 1.54) is 6.20 Å². The summed E-state index contributed by atoms with van der Waals surface area (Å²) in [5.74, 6) is -0.609. The molecule has 0 spiro atoms. The smallest absolute Gasteiger partial charge is 0.286 e. The Kier molecular flexibility index (Phi) is 2.21. The van der Waals surface area contributed by atoms with E-state index in [4.69, 9.17) is 5.73 Å². The minimum absolute atomic E-state index is 0.0214. The highest BCUT2D eigenvalue weighted by Crippen LogP contribution is 2.15. The zero-order valence-electron chi connectivity index (χ0n) is 8.11. The standard InChI is InChI=1S/C10H9N4O/c1-12-7-2-3-8-6(4-7)5-13-10(14-8)9(11)15/h2-3,5,12H,1H3,(H2,11,15). The number of carbonyl (C=O) groups excluding carboxylic acids is 1. The molecule has 0 aliphatic heterocycles. The van der Waals surface area contributed by atoms with Crippen LogP contribution in [0.2, 0.25) is 0 Å². The molecular weight excluding hydrogens is 192 g/mol. The highest BCUT2D eigenvalue weighted by molar-refractivity contribution is 5.91. The van der Waals surface area contributed by atoms with E-state index in [2.05, 4.69) is 21.4 Å². The molecule has 0 bridgehead atoms. The Hall–Kier alpha value is -2.17. The van der Waals surface area contributed by atoms with Crippen LogP contribution in [0.4, 0.5) is 5.69 Å². The van der Waals surface area contributed by atoms with E-state index in [1.807, 2.05) is 6.07 Å². The summed E-state index contributed by atoms with van der Waals surface area (Å²) in [6.07, 6.45) is 1.53. The first kappa shape index (κ1) is 9.39. The molecule has 3 N–H and O–H groups in total. The lowest BCUT2D eigenvalue weighted by Gasteiger charge is -2.01. The van der Waals surface area contributed by atoms with Gasteiger partial charge in [-0.05, 0) is 12.1 Å². The molecule has 1 amide bonds. The number of nitrogens with two attached hydrogens (primary N) is 1. The van der Waals surface area contributed by atoms with Crippen LogP contribution in [0, 0.1) is 6.07 Å². The highest BCUT2D eigenvalue weighted by atomic mass is 16.1. The molecule has 0 aliphatic rings. The molecule has 15 heavy (non-hydrogen) atoms. The summed E-state index contributed by atoms with van der Waals surface area (Å²) in [6.45, 7) is 0. The van der Waals surface area contributed by atoms with Gasteiger partial charge >= 0.3 is 0 Å². The molecule has 0 saturated heterocycles. The summed E-state index contributed by atoms with van der Waals surface area (Å²) in [5, 5.41) is 3.70. The molecule has 0 unspecified atom stereocenters. The van der Waals surface area contributed by atoms with Crippen molar-refractivity contribution in [1.29, 1.82) is 0 Å². The predicted octanol–water partition coefficient (Wildman–Crippen LogP) is 0.571. The molecule has 0 fully saturated rings. The number of nitrogens with zero attached hydrogens (tertiary/aromatic N) is 2. The zero-order valence-corrected chi connectivity index (χ0v) is 8.11. The molecule has 5 nitrogen and oxygen atoms in total. The molecule has 1 radical (unpaired) electrons. The largest absolute Gasteiger partial charge is 0.388 e. The summed E-state index contributed by atoms with van der Waals surface area (Å²) in [6, 6.07) is 6.66. The van der Waals surface area contributed by atoms with Crippen molar-refractivity contribution < 1.29 is 4.79 Å². The second-order valence-corrected chi connectivity index (χ2v) is 2.98. The Labute approximate surface area is 86.3 Å². The first-order valence-corrected chi connectivity index (χ1v) is 4.37. The van der Waals surface area contributed by atoms with E-state index in [0.29, 0.717) is 5.52 Å². The normalized spacial score (nSPS) is 10.2. The Morgan fingerprint density at radius 3 is 3.00 bits per heavy atom. The second-order valence-electron chi connectivity index (χ2n) is 2.98. The van der Waals surface area contributed by atoms with Gasteiger partial charge in [0.2, 0.25) is 5.82 Å². The number of fused-ring (bicyclic) bond motifs is 1. The van der Waals surface area contributed by atoms with Crippen LogP contribution in [0.25, 0.3) is 10.9 Å². The van der Waals surface area contributed by atoms with Gasteiger partial charge in [0.05, 0.1) is 5.52 Å². The number of anilines is 1. The number of hydrogen-bond donors (Lipinski definition) is 2. The van der Waals surface area contributed by atoms with Gasteiger partial charge < -0.3 is 11.1 Å². The van der Waals surface area contributed by atoms with Gasteiger partial charge in [0.1, 0.15) is 0 Å². The third kappa shape index (κ3) is 1.71. The van der Waals surface area contributed by atoms with E-state index in [0.717, 1.165) is 11.1 Å². The summed E-state index contributed by atoms with van der Waals surface area (Å²) >= 11 is 0. The van der Waals surface area contributed by atoms with Gasteiger partial charge in [0.25, 0.3) is 5.91 Å². The maximum absolute atomic E-state index is 10.8. The summed E-state index contributed by atoms with van der Waals surface area (Å²) < 4.78 is 0. The Morgan fingerprint density at radius 1 is 1.53 bits per heavy atom. The molecule has 1 aromatic heterocycles. The predicted molar refractivity (Wildman–Crippen MR) is 56.4 cm³/mol. The third-order valence-electron chi connectivity index (χ3n) is 1.99. The van der Waals surface area contributed by atoms with Crippen molar-refractivity contribution in [2.24, 2.45) is 5.73 Å². The zero-order chi connectivity index (χ0) is 10.8. The average Bonchev–Trinajstić information content (AvgIpc) is 2.27. The topological polar surface area (TPSA) is 80.9 Å². The monoisotopic (exact) mass is 201 g/mol. The SMILES string of the molecule is CNc1[c]c2cnc(C(N)=O)nc2cc1. The Morgan fingerprint density at radius 2 is 2.33 bits per heavy atom. The Bertz CT molecular complexity index is 524. The summed E-state index contributed by atoms with van der Waals surface area (Å²) in [5.41, 5.74) is 6.57. The minimum atomic E-state index is -0.630. The van der Waals surface area contributed by atoms with Gasteiger partial charge in [0.15, 0.2) is 0 Å². The molecular formula is C10H9N4O. The van der Waals surface area contributed by atoms with Crippen LogP contribution in [0.15, 0.2) is 18.3 Å². The van der Waals surface area contributed by atoms with Crippen LogP contribution in [0.1, 0.15) is 10.6 Å². The number of aromatic nitrogens is 2. The van der Waals surface area contributed by atoms with Crippen LogP contribution >= 0.6 is 0 Å². The highest BCUT2D eigenvalue weighted by Gasteiger charge is 2.05. The van der Waals surface area contributed by atoms with Crippen molar-refractivity contribution in [3.8, 4) is 0 Å². The van der Waals surface area contributed by atoms with Crippen molar-refractivity contribution in [1.82, 2.24) is 9.97 Å². The lowest BCUT2D eigenvalue weighted by molar-refractivity contribution is 0.0991. The van der Waals surface area contributed by atoms with Crippen molar-refractivity contribution in [3.05, 3.63) is 30.2 Å². The molecule has 2 rings (SSSR count). The molecule has 0 atom stereocenters. The van der Waals surface area contributed by atoms with Crippen LogP contribution in [-0.2, 0) is 0 Å². The van der Waals surface area contributed by atoms with Crippen LogP contribution in [-0.4, -0.2) is 22.9 Å². The number of rotatable bonds is 2. The molecule has 0 aliphatic carbocycles. The second kappa shape index (κ2) is 3.53. The number of hydrogen-bond acceptors (Lipinski definition) is 4. The number of primary amides is 1. The number of amides is 1. The summed E-state index contributed by atoms with van der Waals surface area (Å²) in [7, 11) is 1.80. The maximum Gasteiger partial charge on any atom is 0.286 e. The molecule has 0 saturated carbocycles. The quantitative estimate of drug-likeness (QED) is 0.744. The van der Waals surface area contributed by atoms with Gasteiger partial charge in [-0.1, -0.05) is 0 Å².